The molecule has 0 aromatic rings. The first-order valence-electron chi connectivity index (χ1n) is 6.69. The molecule has 0 spiro atoms. The van der Waals surface area contributed by atoms with Crippen LogP contribution in [0.5, 0.6) is 0 Å². The van der Waals surface area contributed by atoms with E-state index in [0.717, 1.165) is 25.7 Å². The van der Waals surface area contributed by atoms with Gasteiger partial charge in [-0.3, -0.25) is 0 Å². The van der Waals surface area contributed by atoms with Gasteiger partial charge in [0.1, 0.15) is 12.2 Å². The molecule has 18 heavy (non-hydrogen) atoms. The number of hydrogen-bond donors (Lipinski definition) is 0. The van der Waals surface area contributed by atoms with Crippen molar-refractivity contribution < 1.29 is 18.0 Å². The van der Waals surface area contributed by atoms with Crippen molar-refractivity contribution in [2.75, 3.05) is 0 Å². The van der Waals surface area contributed by atoms with E-state index >= 15 is 0 Å². The Morgan fingerprint density at radius 3 is 2.11 bits per heavy atom. The highest BCUT2D eigenvalue weighted by molar-refractivity contribution is 5.54. The number of hydrogen-bond acceptors (Lipinski definition) is 1. The highest BCUT2D eigenvalue weighted by atomic mass is 19.4. The van der Waals surface area contributed by atoms with Crippen molar-refractivity contribution in [3.63, 3.8) is 0 Å². The Balaban J connectivity index is 3.50. The molecule has 0 aromatic heterocycles. The summed E-state index contributed by atoms with van der Waals surface area (Å²) in [5.41, 5.74) is 0. The Bertz CT molecular complexity index is 234. The Morgan fingerprint density at radius 2 is 1.61 bits per heavy atom. The molecular weight excluding hydrogens is 241 g/mol. The third-order valence-corrected chi connectivity index (χ3v) is 2.86. The van der Waals surface area contributed by atoms with Crippen molar-refractivity contribution >= 4 is 6.29 Å². The Labute approximate surface area is 107 Å². The van der Waals surface area contributed by atoms with Gasteiger partial charge in [0.2, 0.25) is 0 Å². The maximum Gasteiger partial charge on any atom is 0.398 e. The summed E-state index contributed by atoms with van der Waals surface area (Å²) in [6.07, 6.45) is 6.26. The van der Waals surface area contributed by atoms with Gasteiger partial charge in [-0.15, -0.1) is 0 Å². The summed E-state index contributed by atoms with van der Waals surface area (Å²) in [6.45, 7) is 2.14. The van der Waals surface area contributed by atoms with Crippen molar-refractivity contribution in [1.82, 2.24) is 0 Å². The molecule has 0 heterocycles. The Kier molecular flexibility index (Phi) is 9.70. The van der Waals surface area contributed by atoms with Gasteiger partial charge in [-0.2, -0.15) is 13.2 Å². The van der Waals surface area contributed by atoms with E-state index in [0.29, 0.717) is 6.42 Å². The minimum absolute atomic E-state index is 0.0185. The second-order valence-corrected chi connectivity index (χ2v) is 4.54. The first-order chi connectivity index (χ1) is 8.52. The molecule has 0 bridgehead atoms. The third kappa shape index (κ3) is 9.25. The van der Waals surface area contributed by atoms with Crippen LogP contribution in [0.25, 0.3) is 0 Å². The van der Waals surface area contributed by atoms with Gasteiger partial charge in [0.05, 0.1) is 0 Å². The van der Waals surface area contributed by atoms with Crippen LogP contribution in [0, 0.1) is 5.92 Å². The quantitative estimate of drug-likeness (QED) is 0.306. The number of carbonyl (C=O) groups is 1. The van der Waals surface area contributed by atoms with E-state index in [2.05, 4.69) is 19.1 Å². The molecule has 0 saturated carbocycles. The fourth-order valence-corrected chi connectivity index (χ4v) is 1.67. The first-order valence-corrected chi connectivity index (χ1v) is 6.69. The molecule has 0 aliphatic rings. The van der Waals surface area contributed by atoms with Gasteiger partial charge >= 0.3 is 6.18 Å². The Hall–Kier alpha value is -0.800. The molecule has 4 heteroatoms. The van der Waals surface area contributed by atoms with Gasteiger partial charge < -0.3 is 4.79 Å². The number of rotatable bonds is 10. The molecule has 0 aliphatic carbocycles. The topological polar surface area (TPSA) is 17.1 Å². The minimum Gasteiger partial charge on any atom is -0.303 e. The maximum atomic E-state index is 12.2. The zero-order valence-electron chi connectivity index (χ0n) is 11.0. The number of allylic oxidation sites excluding steroid dienone is 2. The van der Waals surface area contributed by atoms with Gasteiger partial charge in [0, 0.05) is 0 Å². The lowest BCUT2D eigenvalue weighted by atomic mass is 10.0. The second kappa shape index (κ2) is 10.2. The fraction of sp³-hybridized carbons (Fsp3) is 0.786. The molecule has 106 valence electrons. The molecule has 0 saturated heterocycles. The van der Waals surface area contributed by atoms with E-state index < -0.39 is 12.1 Å². The summed E-state index contributed by atoms with van der Waals surface area (Å²) in [5.74, 6) is -1.78. The van der Waals surface area contributed by atoms with E-state index in [4.69, 9.17) is 0 Å². The van der Waals surface area contributed by atoms with Crippen LogP contribution in [-0.2, 0) is 4.79 Å². The molecule has 1 nitrogen and oxygen atoms in total. The van der Waals surface area contributed by atoms with Crippen LogP contribution in [0.2, 0.25) is 0 Å². The van der Waals surface area contributed by atoms with E-state index in [1.165, 1.54) is 12.8 Å². The lowest BCUT2D eigenvalue weighted by Gasteiger charge is -2.13. The van der Waals surface area contributed by atoms with Crippen molar-refractivity contribution in [2.24, 2.45) is 5.92 Å². The third-order valence-electron chi connectivity index (χ3n) is 2.86. The number of aldehydes is 1. The normalized spacial score (nSPS) is 14.0. The molecule has 0 rings (SSSR count). The summed E-state index contributed by atoms with van der Waals surface area (Å²) in [4.78, 5) is 10.3. The average molecular weight is 264 g/mol. The average Bonchev–Trinajstić information content (AvgIpc) is 2.30. The standard InChI is InChI=1S/C14H23F3O/c1-2-3-4-5-6-7-8-9-10-11-13(12-18)14(15,16)17/h5-6,12-13H,2-4,7-11H2,1H3. The molecule has 0 fully saturated rings. The molecular formula is C14H23F3O. The van der Waals surface area contributed by atoms with E-state index in [-0.39, 0.29) is 12.7 Å². The zero-order valence-corrected chi connectivity index (χ0v) is 11.0. The second-order valence-electron chi connectivity index (χ2n) is 4.54. The largest absolute Gasteiger partial charge is 0.398 e. The van der Waals surface area contributed by atoms with Gasteiger partial charge in [0.25, 0.3) is 0 Å². The molecule has 0 aliphatic heterocycles. The predicted octanol–water partition coefficient (Wildman–Crippen LogP) is 5.06. The highest BCUT2D eigenvalue weighted by Crippen LogP contribution is 2.28. The van der Waals surface area contributed by atoms with Gasteiger partial charge in [-0.05, 0) is 25.7 Å². The smallest absolute Gasteiger partial charge is 0.303 e. The summed E-state index contributed by atoms with van der Waals surface area (Å²) in [5, 5.41) is 0. The minimum atomic E-state index is -4.37. The van der Waals surface area contributed by atoms with E-state index in [1.807, 2.05) is 0 Å². The SMILES string of the molecule is CCCCC=CCCCCCC(C=O)C(F)(F)F. The molecule has 0 amide bonds. The molecule has 0 radical (unpaired) electrons. The lowest BCUT2D eigenvalue weighted by molar-refractivity contribution is -0.175. The first kappa shape index (κ1) is 17.2. The van der Waals surface area contributed by atoms with E-state index in [1.54, 1.807) is 0 Å². The number of halogens is 3. The monoisotopic (exact) mass is 264 g/mol. The predicted molar refractivity (Wildman–Crippen MR) is 67.4 cm³/mol. The fourth-order valence-electron chi connectivity index (χ4n) is 1.67. The molecule has 0 aromatic carbocycles. The van der Waals surface area contributed by atoms with Crippen LogP contribution in [-0.4, -0.2) is 12.5 Å². The van der Waals surface area contributed by atoms with Gasteiger partial charge in [-0.25, -0.2) is 0 Å². The maximum absolute atomic E-state index is 12.2. The summed E-state index contributed by atoms with van der Waals surface area (Å²) in [6, 6.07) is 0. The van der Waals surface area contributed by atoms with Crippen LogP contribution in [0.15, 0.2) is 12.2 Å². The summed E-state index contributed by atoms with van der Waals surface area (Å²) >= 11 is 0. The number of carbonyl (C=O) groups excluding carboxylic acids is 1. The van der Waals surface area contributed by atoms with Crippen LogP contribution in [0.4, 0.5) is 13.2 Å². The number of alkyl halides is 3. The van der Waals surface area contributed by atoms with E-state index in [9.17, 15) is 18.0 Å². The van der Waals surface area contributed by atoms with Crippen molar-refractivity contribution in [2.45, 2.75) is 64.5 Å². The van der Waals surface area contributed by atoms with Gasteiger partial charge in [0.15, 0.2) is 0 Å². The van der Waals surface area contributed by atoms with Crippen LogP contribution in [0.1, 0.15) is 58.3 Å². The summed E-state index contributed by atoms with van der Waals surface area (Å²) < 4.78 is 36.7. The number of unbranched alkanes of at least 4 members (excludes halogenated alkanes) is 5. The molecule has 1 atom stereocenters. The van der Waals surface area contributed by atoms with Crippen molar-refractivity contribution in [3.8, 4) is 0 Å². The molecule has 0 N–H and O–H groups in total. The Morgan fingerprint density at radius 1 is 1.00 bits per heavy atom. The van der Waals surface area contributed by atoms with Crippen LogP contribution >= 0.6 is 0 Å². The summed E-state index contributed by atoms with van der Waals surface area (Å²) in [7, 11) is 0. The van der Waals surface area contributed by atoms with Crippen LogP contribution < -0.4 is 0 Å². The molecule has 1 unspecified atom stereocenters. The zero-order chi connectivity index (χ0) is 13.9. The van der Waals surface area contributed by atoms with Gasteiger partial charge in [-0.1, -0.05) is 44.8 Å². The van der Waals surface area contributed by atoms with Crippen LogP contribution in [0.3, 0.4) is 0 Å². The highest BCUT2D eigenvalue weighted by Gasteiger charge is 2.38. The van der Waals surface area contributed by atoms with Crippen molar-refractivity contribution in [1.29, 1.82) is 0 Å². The lowest BCUT2D eigenvalue weighted by Crippen LogP contribution is -2.23. The van der Waals surface area contributed by atoms with Crippen molar-refractivity contribution in [3.05, 3.63) is 12.2 Å².